The monoisotopic (exact) mass is 1300 g/mol. The summed E-state index contributed by atoms with van der Waals surface area (Å²) >= 11 is 1.93. The van der Waals surface area contributed by atoms with Gasteiger partial charge in [-0.2, -0.15) is 11.8 Å². The number of piperazine rings is 1. The minimum Gasteiger partial charge on any atom is -0.378 e. The molecule has 0 saturated carbocycles. The van der Waals surface area contributed by atoms with Gasteiger partial charge in [0.25, 0.3) is 5.91 Å². The topological polar surface area (TPSA) is 279 Å². The molecule has 3 aliphatic heterocycles. The fourth-order valence-electron chi connectivity index (χ4n) is 10.7. The summed E-state index contributed by atoms with van der Waals surface area (Å²) in [4.78, 5) is 79.5. The number of carbonyl (C=O) groups is 5. The Morgan fingerprint density at radius 2 is 1.16 bits per heavy atom. The van der Waals surface area contributed by atoms with Gasteiger partial charge in [-0.05, 0) is 99.0 Å². The van der Waals surface area contributed by atoms with E-state index in [0.717, 1.165) is 132 Å². The number of nitrogens with zero attached hydrogens (tertiary/aromatic N) is 5. The molecule has 0 unspecified atom stereocenters. The van der Waals surface area contributed by atoms with Crippen molar-refractivity contribution in [3.8, 4) is 11.3 Å². The van der Waals surface area contributed by atoms with Gasteiger partial charge in [0.1, 0.15) is 0 Å². The summed E-state index contributed by atoms with van der Waals surface area (Å²) in [6, 6.07) is 19.7. The van der Waals surface area contributed by atoms with Crippen molar-refractivity contribution in [1.29, 1.82) is 0 Å². The fraction of sp³-hybridized carbons (Fsp3) is 0.612. The average molecular weight is 1300 g/mol. The van der Waals surface area contributed by atoms with E-state index in [-0.39, 0.29) is 41.7 Å². The lowest BCUT2D eigenvalue weighted by Crippen LogP contribution is -2.46. The molecule has 7 rings (SSSR count). The molecule has 24 nitrogen and oxygen atoms in total. The van der Waals surface area contributed by atoms with Crippen molar-refractivity contribution in [3.05, 3.63) is 95.9 Å². The number of anilines is 3. The predicted molar refractivity (Wildman–Crippen MR) is 356 cm³/mol. The number of carbonyl (C=O) groups excluding carboxylic acids is 5. The van der Waals surface area contributed by atoms with Crippen molar-refractivity contribution >= 4 is 58.7 Å². The number of unbranched alkanes of at least 4 members (excludes halogenated alkanes) is 6. The normalized spacial score (nSPS) is 16.4. The summed E-state index contributed by atoms with van der Waals surface area (Å²) in [6.45, 7) is 16.0. The maximum atomic E-state index is 13.3. The van der Waals surface area contributed by atoms with E-state index in [1.807, 2.05) is 79.3 Å². The number of hydrogen-bond donors (Lipinski definition) is 7. The molecule has 0 radical (unpaired) electrons. The van der Waals surface area contributed by atoms with Gasteiger partial charge in [-0.15, -0.1) is 0 Å². The molecular formula is C67H100N12O12S. The number of amides is 6. The predicted octanol–water partition coefficient (Wildman–Crippen LogP) is 6.66. The first-order valence-corrected chi connectivity index (χ1v) is 34.2. The van der Waals surface area contributed by atoms with Crippen molar-refractivity contribution in [2.45, 2.75) is 114 Å². The maximum absolute atomic E-state index is 13.3. The molecule has 3 aliphatic rings. The standard InChI is InChI=1S/C67H100N12O12S/c1-52-17-22-56(48-58(52)75-66-72-27-23-57(74-66)55-12-11-24-68-49-55)73-65(83)54-20-18-53(19-21-54)50-79-31-29-78(30-32-79)33-35-86-37-39-88-41-43-90-45-47-91-46-44-89-42-40-87-38-36-85-34-28-71-63(82)16-8-4-10-26-70-62(81)15-7-3-9-25-69-61(80)14-6-2-5-13-60-64-59(51-92-60)76-67(84)77-64/h11-12,17-24,27,48-49,59-60,64H,2-10,13-16,25-26,28-47,50-51H2,1H3,(H,69,80)(H,70,81)(H,71,82)(H,73,83)(H,72,74,75)(H2,76,77,84)/t59-,60-,64-/m0/s1. The van der Waals surface area contributed by atoms with E-state index in [1.54, 1.807) is 18.6 Å². The lowest BCUT2D eigenvalue weighted by Gasteiger charge is -2.34. The van der Waals surface area contributed by atoms with E-state index in [9.17, 15) is 24.0 Å². The average Bonchev–Trinajstić information content (AvgIpc) is 1.63. The van der Waals surface area contributed by atoms with Gasteiger partial charge in [0.2, 0.25) is 23.7 Å². The summed E-state index contributed by atoms with van der Waals surface area (Å²) in [6.07, 6.45) is 15.6. The maximum Gasteiger partial charge on any atom is 0.315 e. The molecular weight excluding hydrogens is 1200 g/mol. The number of fused-ring (bicyclic) bond motifs is 1. The van der Waals surface area contributed by atoms with Gasteiger partial charge in [0, 0.05) is 130 Å². The second kappa shape index (κ2) is 44.3. The third-order valence-corrected chi connectivity index (χ3v) is 17.4. The number of ether oxygens (including phenoxy) is 7. The van der Waals surface area contributed by atoms with Gasteiger partial charge in [-0.3, -0.25) is 34.0 Å². The molecule has 7 N–H and O–H groups in total. The quantitative estimate of drug-likeness (QED) is 0.0180. The van der Waals surface area contributed by atoms with Crippen molar-refractivity contribution in [3.63, 3.8) is 0 Å². The van der Waals surface area contributed by atoms with Gasteiger partial charge < -0.3 is 70.4 Å². The molecule has 0 bridgehead atoms. The summed E-state index contributed by atoms with van der Waals surface area (Å²) in [7, 11) is 0. The fourth-order valence-corrected chi connectivity index (χ4v) is 12.2. The van der Waals surface area contributed by atoms with Gasteiger partial charge >= 0.3 is 6.03 Å². The van der Waals surface area contributed by atoms with Crippen molar-refractivity contribution in [2.24, 2.45) is 0 Å². The number of rotatable bonds is 49. The number of urea groups is 1. The molecule has 0 spiro atoms. The first-order chi connectivity index (χ1) is 45.1. The SMILES string of the molecule is Cc1ccc(NC(=O)c2ccc(CN3CCN(CCOCCOCCOCCOCCOCCOCCOCCNC(=O)CCCCCNC(=O)CCCCCNC(=O)CCCCC[C@@H]4SC[C@@H]5NC(=O)N[C@@H]54)CC3)cc2)cc1Nc1nccc(-c2cccnc2)n1. The number of benzene rings is 2. The highest BCUT2D eigenvalue weighted by molar-refractivity contribution is 8.00. The molecule has 3 atom stereocenters. The molecule has 3 saturated heterocycles. The highest BCUT2D eigenvalue weighted by Crippen LogP contribution is 2.33. The Morgan fingerprint density at radius 3 is 1.76 bits per heavy atom. The first-order valence-electron chi connectivity index (χ1n) is 33.1. The zero-order chi connectivity index (χ0) is 64.5. The van der Waals surface area contributed by atoms with Gasteiger partial charge in [0.05, 0.1) is 110 Å². The molecule has 3 fully saturated rings. The highest BCUT2D eigenvalue weighted by atomic mass is 32.2. The third kappa shape index (κ3) is 29.7. The molecule has 0 aliphatic carbocycles. The van der Waals surface area contributed by atoms with Gasteiger partial charge in [0.15, 0.2) is 0 Å². The van der Waals surface area contributed by atoms with Crippen LogP contribution in [0.25, 0.3) is 11.3 Å². The van der Waals surface area contributed by atoms with Crippen LogP contribution in [0.5, 0.6) is 0 Å². The van der Waals surface area contributed by atoms with Crippen LogP contribution in [0.15, 0.2) is 79.3 Å². The summed E-state index contributed by atoms with van der Waals surface area (Å²) in [5.74, 6) is 1.38. The second-order valence-corrected chi connectivity index (χ2v) is 24.4. The Hall–Kier alpha value is -6.39. The Morgan fingerprint density at radius 1 is 0.598 bits per heavy atom. The Labute approximate surface area is 547 Å². The van der Waals surface area contributed by atoms with Crippen LogP contribution in [0.1, 0.15) is 105 Å². The van der Waals surface area contributed by atoms with Crippen LogP contribution in [0.4, 0.5) is 22.1 Å². The van der Waals surface area contributed by atoms with Crippen molar-refractivity contribution < 1.29 is 57.1 Å². The molecule has 2 aromatic heterocycles. The lowest BCUT2D eigenvalue weighted by molar-refractivity contribution is -0.122. The number of thioether (sulfide) groups is 1. The minimum atomic E-state index is -0.177. The Balaban J connectivity index is 0.546. The van der Waals surface area contributed by atoms with E-state index in [0.29, 0.717) is 154 Å². The second-order valence-electron chi connectivity index (χ2n) is 23.1. The molecule has 25 heteroatoms. The summed E-state index contributed by atoms with van der Waals surface area (Å²) in [5, 5.41) is 21.6. The number of hydrogen-bond acceptors (Lipinski definition) is 19. The molecule has 6 amide bonds. The first kappa shape index (κ1) is 73.0. The molecule has 4 aromatic rings. The third-order valence-electron chi connectivity index (χ3n) is 15.9. The number of pyridine rings is 1. The van der Waals surface area contributed by atoms with Gasteiger partial charge in [-0.1, -0.05) is 43.9 Å². The summed E-state index contributed by atoms with van der Waals surface area (Å²) < 4.78 is 39.4. The largest absolute Gasteiger partial charge is 0.378 e. The van der Waals surface area contributed by atoms with Crippen molar-refractivity contribution in [2.75, 3.05) is 161 Å². The molecule has 506 valence electrons. The number of nitrogens with one attached hydrogen (secondary N) is 7. The molecule has 2 aromatic carbocycles. The summed E-state index contributed by atoms with van der Waals surface area (Å²) in [5.41, 5.74) is 5.88. The van der Waals surface area contributed by atoms with E-state index < -0.39 is 0 Å². The number of aryl methyl sites for hydroxylation is 1. The molecule has 92 heavy (non-hydrogen) atoms. The zero-order valence-corrected chi connectivity index (χ0v) is 54.8. The van der Waals surface area contributed by atoms with E-state index >= 15 is 0 Å². The zero-order valence-electron chi connectivity index (χ0n) is 53.9. The van der Waals surface area contributed by atoms with E-state index in [2.05, 4.69) is 62.0 Å². The van der Waals surface area contributed by atoms with Gasteiger partial charge in [-0.25, -0.2) is 14.8 Å². The van der Waals surface area contributed by atoms with E-state index in [1.165, 1.54) is 5.56 Å². The van der Waals surface area contributed by atoms with Crippen LogP contribution >= 0.6 is 11.8 Å². The molecule has 5 heterocycles. The Kier molecular flexibility index (Phi) is 35.1. The minimum absolute atomic E-state index is 0.00545. The van der Waals surface area contributed by atoms with Crippen LogP contribution in [-0.4, -0.2) is 222 Å². The van der Waals surface area contributed by atoms with Crippen LogP contribution < -0.4 is 37.2 Å². The van der Waals surface area contributed by atoms with E-state index in [4.69, 9.17) is 33.2 Å². The lowest BCUT2D eigenvalue weighted by atomic mass is 10.0. The van der Waals surface area contributed by atoms with Crippen molar-refractivity contribution in [1.82, 2.24) is 51.3 Å². The van der Waals surface area contributed by atoms with Crippen LogP contribution in [0.2, 0.25) is 0 Å². The highest BCUT2D eigenvalue weighted by Gasteiger charge is 2.42. The van der Waals surface area contributed by atoms with Crippen LogP contribution in [0, 0.1) is 6.92 Å². The number of aromatic nitrogens is 3. The Bertz CT molecular complexity index is 2750. The smallest absolute Gasteiger partial charge is 0.315 e. The van der Waals surface area contributed by atoms with Crippen LogP contribution in [-0.2, 0) is 54.1 Å². The van der Waals surface area contributed by atoms with Crippen LogP contribution in [0.3, 0.4) is 0 Å².